The number of hydrogen-bond acceptors (Lipinski definition) is 6. The van der Waals surface area contributed by atoms with Gasteiger partial charge in [-0.05, 0) is 58.3 Å². The summed E-state index contributed by atoms with van der Waals surface area (Å²) in [7, 11) is 1.39. The van der Waals surface area contributed by atoms with E-state index in [1.54, 1.807) is 20.8 Å². The van der Waals surface area contributed by atoms with E-state index in [-0.39, 0.29) is 30.3 Å². The second kappa shape index (κ2) is 12.9. The van der Waals surface area contributed by atoms with Gasteiger partial charge in [0.2, 0.25) is 0 Å². The molecular formula is C20H37ClN2O6. The minimum absolute atomic E-state index is 0. The Morgan fingerprint density at radius 3 is 1.83 bits per heavy atom. The highest BCUT2D eigenvalue weighted by Crippen LogP contribution is 2.28. The van der Waals surface area contributed by atoms with Crippen molar-refractivity contribution in [1.82, 2.24) is 5.32 Å². The summed E-state index contributed by atoms with van der Waals surface area (Å²) in [4.78, 5) is 33.6. The van der Waals surface area contributed by atoms with Crippen molar-refractivity contribution in [1.29, 1.82) is 0 Å². The highest BCUT2D eigenvalue weighted by molar-refractivity contribution is 5.85. The third-order valence-electron chi connectivity index (χ3n) is 5.19. The fourth-order valence-electron chi connectivity index (χ4n) is 3.75. The molecule has 2 aliphatic rings. The Labute approximate surface area is 179 Å². The second-order valence-electron chi connectivity index (χ2n) is 8.60. The minimum Gasteiger partial charge on any atom is -0.480 e. The van der Waals surface area contributed by atoms with Crippen LogP contribution in [0.1, 0.15) is 72.1 Å². The summed E-state index contributed by atoms with van der Waals surface area (Å²) in [6.45, 7) is 5.24. The number of carbonyl (C=O) groups is 3. The lowest BCUT2D eigenvalue weighted by Crippen LogP contribution is -2.47. The fraction of sp³-hybridized carbons (Fsp3) is 0.850. The number of esters is 1. The smallest absolute Gasteiger partial charge is 0.408 e. The molecule has 2 saturated carbocycles. The zero-order chi connectivity index (χ0) is 21.3. The third kappa shape index (κ3) is 10.2. The van der Waals surface area contributed by atoms with Gasteiger partial charge in [0.15, 0.2) is 0 Å². The topological polar surface area (TPSA) is 128 Å². The van der Waals surface area contributed by atoms with Crippen LogP contribution < -0.4 is 11.1 Å². The number of amides is 1. The molecule has 4 N–H and O–H groups in total. The third-order valence-corrected chi connectivity index (χ3v) is 5.19. The molecule has 0 aliphatic heterocycles. The van der Waals surface area contributed by atoms with Crippen molar-refractivity contribution in [2.24, 2.45) is 17.6 Å². The first kappa shape index (κ1) is 27.5. The van der Waals surface area contributed by atoms with Gasteiger partial charge in [-0.2, -0.15) is 0 Å². The molecule has 170 valence electrons. The van der Waals surface area contributed by atoms with Crippen molar-refractivity contribution in [3.63, 3.8) is 0 Å². The molecule has 8 nitrogen and oxygen atoms in total. The highest BCUT2D eigenvalue weighted by atomic mass is 35.5. The molecule has 0 aromatic carbocycles. The number of carboxylic acid groups (broad SMARTS) is 1. The van der Waals surface area contributed by atoms with Crippen LogP contribution in [0.3, 0.4) is 0 Å². The summed E-state index contributed by atoms with van der Waals surface area (Å²) >= 11 is 0. The fourth-order valence-corrected chi connectivity index (χ4v) is 3.75. The van der Waals surface area contributed by atoms with Crippen LogP contribution in [0.4, 0.5) is 4.79 Å². The van der Waals surface area contributed by atoms with Gasteiger partial charge in [-0.1, -0.05) is 25.7 Å². The number of hydrogen-bond donors (Lipinski definition) is 3. The van der Waals surface area contributed by atoms with Gasteiger partial charge in [0, 0.05) is 0 Å². The van der Waals surface area contributed by atoms with Gasteiger partial charge in [-0.3, -0.25) is 4.79 Å². The number of aliphatic carboxylic acids is 1. The van der Waals surface area contributed by atoms with Gasteiger partial charge in [-0.15, -0.1) is 12.4 Å². The molecule has 0 aromatic heterocycles. The Balaban J connectivity index is 0.000000568. The number of nitrogens with one attached hydrogen (secondary N) is 1. The Morgan fingerprint density at radius 1 is 1.00 bits per heavy atom. The monoisotopic (exact) mass is 436 g/mol. The molecule has 29 heavy (non-hydrogen) atoms. The maximum Gasteiger partial charge on any atom is 0.408 e. The quantitative estimate of drug-likeness (QED) is 0.564. The largest absolute Gasteiger partial charge is 0.480 e. The molecule has 0 heterocycles. The van der Waals surface area contributed by atoms with Crippen LogP contribution in [-0.2, 0) is 19.1 Å². The van der Waals surface area contributed by atoms with Crippen molar-refractivity contribution in [3.8, 4) is 0 Å². The maximum absolute atomic E-state index is 11.5. The Kier molecular flexibility index (Phi) is 12.2. The van der Waals surface area contributed by atoms with Gasteiger partial charge >= 0.3 is 18.0 Å². The summed E-state index contributed by atoms with van der Waals surface area (Å²) in [5.74, 6) is -0.859. The summed E-state index contributed by atoms with van der Waals surface area (Å²) in [6.07, 6.45) is 7.68. The van der Waals surface area contributed by atoms with Crippen LogP contribution >= 0.6 is 12.4 Å². The molecular weight excluding hydrogens is 400 g/mol. The van der Waals surface area contributed by atoms with Crippen LogP contribution in [0.25, 0.3) is 0 Å². The molecule has 0 unspecified atom stereocenters. The first-order valence-corrected chi connectivity index (χ1v) is 10.1. The SMILES string of the molecule is CC(C)(C)OC(=O)N[C@H](C(=O)O)C1CCCC1.COC(=O)[C@@H](N)C1CCCC1.Cl. The molecule has 2 atom stereocenters. The number of carbonyl (C=O) groups excluding carboxylic acids is 2. The average molecular weight is 437 g/mol. The Morgan fingerprint density at radius 2 is 1.45 bits per heavy atom. The lowest BCUT2D eigenvalue weighted by molar-refractivity contribution is -0.143. The zero-order valence-corrected chi connectivity index (χ0v) is 18.8. The molecule has 2 fully saturated rings. The van der Waals surface area contributed by atoms with E-state index in [1.807, 2.05) is 0 Å². The first-order valence-electron chi connectivity index (χ1n) is 10.1. The summed E-state index contributed by atoms with van der Waals surface area (Å²) in [5, 5.41) is 11.6. The van der Waals surface area contributed by atoms with Crippen molar-refractivity contribution < 1.29 is 29.0 Å². The van der Waals surface area contributed by atoms with E-state index in [9.17, 15) is 14.4 Å². The van der Waals surface area contributed by atoms with Crippen LogP contribution in [0.15, 0.2) is 0 Å². The van der Waals surface area contributed by atoms with Crippen molar-refractivity contribution in [3.05, 3.63) is 0 Å². The normalized spacial score (nSPS) is 19.2. The summed E-state index contributed by atoms with van der Waals surface area (Å²) in [5.41, 5.74) is 5.05. The van der Waals surface area contributed by atoms with Gasteiger partial charge < -0.3 is 25.6 Å². The first-order chi connectivity index (χ1) is 13.0. The molecule has 9 heteroatoms. The van der Waals surface area contributed by atoms with E-state index in [1.165, 1.54) is 20.0 Å². The molecule has 0 spiro atoms. The molecule has 0 bridgehead atoms. The molecule has 1 amide bonds. The number of rotatable bonds is 5. The number of ether oxygens (including phenoxy) is 2. The molecule has 0 aromatic rings. The molecule has 0 radical (unpaired) electrons. The van der Waals surface area contributed by atoms with E-state index in [0.717, 1.165) is 38.5 Å². The number of halogens is 1. The van der Waals surface area contributed by atoms with Gasteiger partial charge in [0.25, 0.3) is 0 Å². The molecule has 0 saturated heterocycles. The molecule has 2 rings (SSSR count). The number of nitrogens with two attached hydrogens (primary N) is 1. The van der Waals surface area contributed by atoms with Gasteiger partial charge in [0.1, 0.15) is 17.7 Å². The Bertz CT molecular complexity index is 526. The number of alkyl carbamates (subject to hydrolysis) is 1. The predicted molar refractivity (Wildman–Crippen MR) is 112 cm³/mol. The summed E-state index contributed by atoms with van der Waals surface area (Å²) in [6, 6.07) is -1.21. The lowest BCUT2D eigenvalue weighted by atomic mass is 9.98. The minimum atomic E-state index is -0.984. The van der Waals surface area contributed by atoms with E-state index >= 15 is 0 Å². The van der Waals surface area contributed by atoms with Crippen LogP contribution in [0.2, 0.25) is 0 Å². The van der Waals surface area contributed by atoms with Gasteiger partial charge in [0.05, 0.1) is 7.11 Å². The number of carboxylic acids is 1. The van der Waals surface area contributed by atoms with Crippen LogP contribution in [0, 0.1) is 11.8 Å². The average Bonchev–Trinajstić information content (AvgIpc) is 3.30. The standard InChI is InChI=1S/C12H21NO4.C8H15NO2.ClH/c1-12(2,3)17-11(16)13-9(10(14)15)8-6-4-5-7-8;1-11-8(10)7(9)6-4-2-3-5-6;/h8-9H,4-7H2,1-3H3,(H,13,16)(H,14,15);6-7H,2-5,9H2,1H3;1H/t9-;7-;/m00./s1. The maximum atomic E-state index is 11.5. The van der Waals surface area contributed by atoms with Crippen molar-refractivity contribution in [2.75, 3.05) is 7.11 Å². The zero-order valence-electron chi connectivity index (χ0n) is 17.9. The predicted octanol–water partition coefficient (Wildman–Crippen LogP) is 3.25. The van der Waals surface area contributed by atoms with E-state index < -0.39 is 23.7 Å². The Hall–Kier alpha value is -1.54. The van der Waals surface area contributed by atoms with Gasteiger partial charge in [-0.25, -0.2) is 9.59 Å². The van der Waals surface area contributed by atoms with Crippen LogP contribution in [0.5, 0.6) is 0 Å². The van der Waals surface area contributed by atoms with Crippen LogP contribution in [-0.4, -0.2) is 47.9 Å². The second-order valence-corrected chi connectivity index (χ2v) is 8.60. The van der Waals surface area contributed by atoms with E-state index in [4.69, 9.17) is 15.6 Å². The van der Waals surface area contributed by atoms with E-state index in [0.29, 0.717) is 5.92 Å². The van der Waals surface area contributed by atoms with E-state index in [2.05, 4.69) is 10.1 Å². The number of methoxy groups -OCH3 is 1. The lowest BCUT2D eigenvalue weighted by Gasteiger charge is -2.24. The summed E-state index contributed by atoms with van der Waals surface area (Å²) < 4.78 is 9.63. The highest BCUT2D eigenvalue weighted by Gasteiger charge is 2.33. The van der Waals surface area contributed by atoms with Crippen molar-refractivity contribution >= 4 is 30.4 Å². The molecule has 2 aliphatic carbocycles. The van der Waals surface area contributed by atoms with Crippen molar-refractivity contribution in [2.45, 2.75) is 89.8 Å².